The molecule has 0 aliphatic carbocycles. The minimum atomic E-state index is 0.879. The summed E-state index contributed by atoms with van der Waals surface area (Å²) in [5, 5.41) is 3.51. The van der Waals surface area contributed by atoms with Gasteiger partial charge in [0.1, 0.15) is 0 Å². The van der Waals surface area contributed by atoms with Gasteiger partial charge < -0.3 is 5.32 Å². The van der Waals surface area contributed by atoms with Crippen LogP contribution in [0.3, 0.4) is 0 Å². The predicted molar refractivity (Wildman–Crippen MR) is 65.6 cm³/mol. The molecule has 2 atom stereocenters. The SMILES string of the molecule is CCCCNCCC(C)C(C)CCC. The van der Waals surface area contributed by atoms with Gasteiger partial charge in [0.25, 0.3) is 0 Å². The summed E-state index contributed by atoms with van der Waals surface area (Å²) in [6, 6.07) is 0. The Hall–Kier alpha value is -0.0400. The second-order valence-electron chi connectivity index (χ2n) is 4.64. The Bertz CT molecular complexity index is 112. The maximum absolute atomic E-state index is 3.51. The molecular formula is C13H29N. The van der Waals surface area contributed by atoms with Gasteiger partial charge in [-0.1, -0.05) is 47.0 Å². The molecule has 86 valence electrons. The molecule has 0 amide bonds. The molecule has 0 aromatic rings. The maximum atomic E-state index is 3.51. The fraction of sp³-hybridized carbons (Fsp3) is 1.00. The van der Waals surface area contributed by atoms with E-state index in [1.165, 1.54) is 45.2 Å². The first kappa shape index (κ1) is 14.0. The first-order valence-electron chi connectivity index (χ1n) is 6.43. The standard InChI is InChI=1S/C13H29N/c1-5-7-10-14-11-9-13(4)12(3)8-6-2/h12-14H,5-11H2,1-4H3. The molecule has 0 fully saturated rings. The summed E-state index contributed by atoms with van der Waals surface area (Å²) in [6.45, 7) is 11.7. The van der Waals surface area contributed by atoms with Crippen molar-refractivity contribution in [3.63, 3.8) is 0 Å². The molecule has 2 unspecified atom stereocenters. The van der Waals surface area contributed by atoms with Crippen LogP contribution in [0.5, 0.6) is 0 Å². The van der Waals surface area contributed by atoms with Crippen LogP contribution in [0.15, 0.2) is 0 Å². The zero-order chi connectivity index (χ0) is 10.8. The van der Waals surface area contributed by atoms with Crippen molar-refractivity contribution in [3.8, 4) is 0 Å². The zero-order valence-corrected chi connectivity index (χ0v) is 10.6. The molecule has 0 radical (unpaired) electrons. The molecule has 0 aliphatic heterocycles. The summed E-state index contributed by atoms with van der Waals surface area (Å²) >= 11 is 0. The second kappa shape index (κ2) is 9.51. The van der Waals surface area contributed by atoms with Gasteiger partial charge in [0.2, 0.25) is 0 Å². The first-order valence-corrected chi connectivity index (χ1v) is 6.43. The molecule has 0 bridgehead atoms. The van der Waals surface area contributed by atoms with Gasteiger partial charge in [-0.2, -0.15) is 0 Å². The number of hydrogen-bond donors (Lipinski definition) is 1. The van der Waals surface area contributed by atoms with Gasteiger partial charge >= 0.3 is 0 Å². The minimum absolute atomic E-state index is 0.879. The molecule has 0 aromatic heterocycles. The Labute approximate surface area is 90.7 Å². The highest BCUT2D eigenvalue weighted by Crippen LogP contribution is 2.19. The lowest BCUT2D eigenvalue weighted by Gasteiger charge is -2.19. The van der Waals surface area contributed by atoms with Crippen LogP contribution in [0.25, 0.3) is 0 Å². The summed E-state index contributed by atoms with van der Waals surface area (Å²) in [7, 11) is 0. The van der Waals surface area contributed by atoms with Gasteiger partial charge in [-0.15, -0.1) is 0 Å². The van der Waals surface area contributed by atoms with Crippen LogP contribution in [-0.2, 0) is 0 Å². The molecule has 0 heterocycles. The number of nitrogens with one attached hydrogen (secondary N) is 1. The normalized spacial score (nSPS) is 15.4. The van der Waals surface area contributed by atoms with Crippen molar-refractivity contribution < 1.29 is 0 Å². The third-order valence-corrected chi connectivity index (χ3v) is 3.20. The van der Waals surface area contributed by atoms with Crippen LogP contribution in [0.4, 0.5) is 0 Å². The van der Waals surface area contributed by atoms with Gasteiger partial charge in [0.05, 0.1) is 0 Å². The van der Waals surface area contributed by atoms with Crippen LogP contribution < -0.4 is 5.32 Å². The van der Waals surface area contributed by atoms with Crippen LogP contribution in [0, 0.1) is 11.8 Å². The highest BCUT2D eigenvalue weighted by atomic mass is 14.8. The highest BCUT2D eigenvalue weighted by Gasteiger charge is 2.10. The molecule has 0 saturated heterocycles. The average Bonchev–Trinajstić information content (AvgIpc) is 2.17. The molecule has 1 nitrogen and oxygen atoms in total. The van der Waals surface area contributed by atoms with Crippen LogP contribution in [0.2, 0.25) is 0 Å². The monoisotopic (exact) mass is 199 g/mol. The van der Waals surface area contributed by atoms with Gasteiger partial charge in [-0.25, -0.2) is 0 Å². The van der Waals surface area contributed by atoms with Crippen molar-refractivity contribution in [3.05, 3.63) is 0 Å². The number of hydrogen-bond acceptors (Lipinski definition) is 1. The lowest BCUT2D eigenvalue weighted by Crippen LogP contribution is -2.20. The smallest absolute Gasteiger partial charge is 0.00463 e. The van der Waals surface area contributed by atoms with E-state index in [4.69, 9.17) is 0 Å². The molecular weight excluding hydrogens is 170 g/mol. The summed E-state index contributed by atoms with van der Waals surface area (Å²) in [5.74, 6) is 1.78. The van der Waals surface area contributed by atoms with E-state index < -0.39 is 0 Å². The van der Waals surface area contributed by atoms with E-state index in [-0.39, 0.29) is 0 Å². The van der Waals surface area contributed by atoms with E-state index in [1.54, 1.807) is 0 Å². The molecule has 0 aliphatic rings. The minimum Gasteiger partial charge on any atom is -0.317 e. The zero-order valence-electron chi connectivity index (χ0n) is 10.6. The van der Waals surface area contributed by atoms with E-state index in [2.05, 4.69) is 33.0 Å². The van der Waals surface area contributed by atoms with Crippen molar-refractivity contribution >= 4 is 0 Å². The van der Waals surface area contributed by atoms with Gasteiger partial charge in [-0.3, -0.25) is 0 Å². The Kier molecular flexibility index (Phi) is 9.49. The lowest BCUT2D eigenvalue weighted by molar-refractivity contribution is 0.336. The van der Waals surface area contributed by atoms with Crippen molar-refractivity contribution in [2.24, 2.45) is 11.8 Å². The van der Waals surface area contributed by atoms with Gasteiger partial charge in [0.15, 0.2) is 0 Å². The topological polar surface area (TPSA) is 12.0 Å². The molecule has 1 N–H and O–H groups in total. The van der Waals surface area contributed by atoms with Crippen molar-refractivity contribution in [1.29, 1.82) is 0 Å². The van der Waals surface area contributed by atoms with Crippen LogP contribution in [0.1, 0.15) is 59.8 Å². The Morgan fingerprint density at radius 2 is 1.50 bits per heavy atom. The Morgan fingerprint density at radius 3 is 2.07 bits per heavy atom. The fourth-order valence-corrected chi connectivity index (χ4v) is 1.78. The third kappa shape index (κ3) is 7.37. The van der Waals surface area contributed by atoms with Crippen molar-refractivity contribution in [1.82, 2.24) is 5.32 Å². The molecule has 14 heavy (non-hydrogen) atoms. The summed E-state index contributed by atoms with van der Waals surface area (Å²) in [5.41, 5.74) is 0. The van der Waals surface area contributed by atoms with Crippen molar-refractivity contribution in [2.45, 2.75) is 59.8 Å². The second-order valence-corrected chi connectivity index (χ2v) is 4.64. The van der Waals surface area contributed by atoms with Crippen molar-refractivity contribution in [2.75, 3.05) is 13.1 Å². The maximum Gasteiger partial charge on any atom is -0.00463 e. The Morgan fingerprint density at radius 1 is 0.857 bits per heavy atom. The van der Waals surface area contributed by atoms with Crippen LogP contribution in [-0.4, -0.2) is 13.1 Å². The van der Waals surface area contributed by atoms with Gasteiger partial charge in [-0.05, 0) is 37.8 Å². The molecule has 1 heteroatoms. The molecule has 0 spiro atoms. The molecule has 0 saturated carbocycles. The summed E-state index contributed by atoms with van der Waals surface area (Å²) in [4.78, 5) is 0. The van der Waals surface area contributed by atoms with E-state index in [0.717, 1.165) is 11.8 Å². The fourth-order valence-electron chi connectivity index (χ4n) is 1.78. The highest BCUT2D eigenvalue weighted by molar-refractivity contribution is 4.63. The summed E-state index contributed by atoms with van der Waals surface area (Å²) in [6.07, 6.45) is 6.67. The van der Waals surface area contributed by atoms with Gasteiger partial charge in [0, 0.05) is 0 Å². The van der Waals surface area contributed by atoms with E-state index >= 15 is 0 Å². The number of rotatable bonds is 9. The quantitative estimate of drug-likeness (QED) is 0.556. The van der Waals surface area contributed by atoms with Crippen LogP contribution >= 0.6 is 0 Å². The third-order valence-electron chi connectivity index (χ3n) is 3.20. The van der Waals surface area contributed by atoms with E-state index in [9.17, 15) is 0 Å². The Balaban J connectivity index is 3.29. The summed E-state index contributed by atoms with van der Waals surface area (Å²) < 4.78 is 0. The first-order chi connectivity index (χ1) is 6.72. The number of unbranched alkanes of at least 4 members (excludes halogenated alkanes) is 1. The molecule has 0 aromatic carbocycles. The predicted octanol–water partition coefficient (Wildman–Crippen LogP) is 3.84. The average molecular weight is 199 g/mol. The van der Waals surface area contributed by atoms with E-state index in [0.29, 0.717) is 0 Å². The van der Waals surface area contributed by atoms with E-state index in [1.807, 2.05) is 0 Å². The lowest BCUT2D eigenvalue weighted by atomic mass is 9.89. The largest absolute Gasteiger partial charge is 0.317 e. The molecule has 0 rings (SSSR count).